The zero-order valence-corrected chi connectivity index (χ0v) is 12.8. The maximum atomic E-state index is 11.7. The third kappa shape index (κ3) is 2.85. The molecule has 0 bridgehead atoms. The Kier molecular flexibility index (Phi) is 4.16. The van der Waals surface area contributed by atoms with Crippen LogP contribution in [0.1, 0.15) is 17.0 Å². The minimum absolute atomic E-state index is 0.0670. The average Bonchev–Trinajstić information content (AvgIpc) is 2.85. The van der Waals surface area contributed by atoms with Crippen molar-refractivity contribution < 1.29 is 9.53 Å². The Balaban J connectivity index is 1.77. The van der Waals surface area contributed by atoms with Crippen molar-refractivity contribution >= 4 is 17.7 Å². The van der Waals surface area contributed by atoms with Gasteiger partial charge >= 0.3 is 6.09 Å². The van der Waals surface area contributed by atoms with Crippen LogP contribution in [0.25, 0.3) is 11.1 Å². The Bertz CT molecular complexity index is 681. The lowest BCUT2D eigenvalue weighted by atomic mass is 9.98. The summed E-state index contributed by atoms with van der Waals surface area (Å²) in [6.07, 6.45) is -0.483. The highest BCUT2D eigenvalue weighted by molar-refractivity contribution is 6.29. The predicted octanol–water partition coefficient (Wildman–Crippen LogP) is 4.28. The quantitative estimate of drug-likeness (QED) is 0.915. The first kappa shape index (κ1) is 14.7. The van der Waals surface area contributed by atoms with Crippen LogP contribution in [0.3, 0.4) is 0 Å². The van der Waals surface area contributed by atoms with Crippen molar-refractivity contribution in [3.8, 4) is 11.1 Å². The lowest BCUT2D eigenvalue weighted by Crippen LogP contribution is -2.27. The van der Waals surface area contributed by atoms with Gasteiger partial charge in [0.15, 0.2) is 0 Å². The molecule has 0 aromatic heterocycles. The second kappa shape index (κ2) is 6.24. The summed E-state index contributed by atoms with van der Waals surface area (Å²) in [4.78, 5) is 11.7. The van der Waals surface area contributed by atoms with E-state index >= 15 is 0 Å². The summed E-state index contributed by atoms with van der Waals surface area (Å²) < 4.78 is 5.34. The van der Waals surface area contributed by atoms with E-state index < -0.39 is 6.09 Å². The molecule has 0 saturated heterocycles. The summed E-state index contributed by atoms with van der Waals surface area (Å²) in [5, 5.41) is 2.93. The first-order chi connectivity index (χ1) is 10.7. The van der Waals surface area contributed by atoms with Crippen molar-refractivity contribution in [2.45, 2.75) is 5.92 Å². The Morgan fingerprint density at radius 1 is 1.09 bits per heavy atom. The fourth-order valence-corrected chi connectivity index (χ4v) is 2.88. The van der Waals surface area contributed by atoms with Crippen LogP contribution in [0.4, 0.5) is 4.79 Å². The number of benzene rings is 2. The van der Waals surface area contributed by atoms with E-state index in [2.05, 4.69) is 36.2 Å². The topological polar surface area (TPSA) is 38.3 Å². The molecule has 1 aliphatic carbocycles. The van der Waals surface area contributed by atoms with Crippen LogP contribution in [0.5, 0.6) is 0 Å². The molecule has 1 aliphatic rings. The van der Waals surface area contributed by atoms with Crippen LogP contribution in [0.2, 0.25) is 0 Å². The minimum Gasteiger partial charge on any atom is -0.449 e. The Morgan fingerprint density at radius 2 is 1.64 bits per heavy atom. The third-order valence-electron chi connectivity index (χ3n) is 3.77. The fourth-order valence-electron chi connectivity index (χ4n) is 2.82. The van der Waals surface area contributed by atoms with E-state index in [0.717, 1.165) is 0 Å². The van der Waals surface area contributed by atoms with E-state index in [1.165, 1.54) is 22.3 Å². The minimum atomic E-state index is -0.483. The van der Waals surface area contributed by atoms with Crippen molar-refractivity contribution in [2.24, 2.45) is 0 Å². The lowest BCUT2D eigenvalue weighted by molar-refractivity contribution is 0.144. The summed E-state index contributed by atoms with van der Waals surface area (Å²) in [5.41, 5.74) is 4.80. The van der Waals surface area contributed by atoms with Gasteiger partial charge in [0.2, 0.25) is 0 Å². The number of fused-ring (bicyclic) bond motifs is 3. The van der Waals surface area contributed by atoms with Gasteiger partial charge in [-0.3, -0.25) is 0 Å². The molecule has 2 aromatic carbocycles. The first-order valence-electron chi connectivity index (χ1n) is 7.09. The number of ether oxygens (including phenoxy) is 1. The Morgan fingerprint density at radius 3 is 2.18 bits per heavy atom. The summed E-state index contributed by atoms with van der Waals surface area (Å²) in [6.45, 7) is 4.03. The van der Waals surface area contributed by atoms with Gasteiger partial charge < -0.3 is 10.1 Å². The van der Waals surface area contributed by atoms with Gasteiger partial charge in [0.25, 0.3) is 0 Å². The number of nitrogens with one attached hydrogen (secondary N) is 1. The monoisotopic (exact) mass is 313 g/mol. The number of halogens is 1. The number of carbonyl (C=O) groups is 1. The molecule has 3 rings (SSSR count). The molecule has 0 radical (unpaired) electrons. The van der Waals surface area contributed by atoms with Crippen LogP contribution >= 0.6 is 11.6 Å². The Labute approximate surface area is 134 Å². The van der Waals surface area contributed by atoms with E-state index in [0.29, 0.717) is 11.6 Å². The first-order valence-corrected chi connectivity index (χ1v) is 7.46. The van der Waals surface area contributed by atoms with Gasteiger partial charge in [-0.15, -0.1) is 0 Å². The molecule has 0 fully saturated rings. The van der Waals surface area contributed by atoms with E-state index in [1.807, 2.05) is 24.3 Å². The maximum Gasteiger partial charge on any atom is 0.407 e. The van der Waals surface area contributed by atoms with Crippen LogP contribution in [0.15, 0.2) is 60.1 Å². The third-order valence-corrected chi connectivity index (χ3v) is 3.90. The normalized spacial score (nSPS) is 12.4. The summed E-state index contributed by atoms with van der Waals surface area (Å²) in [7, 11) is 0. The van der Waals surface area contributed by atoms with Crippen LogP contribution in [0, 0.1) is 0 Å². The van der Waals surface area contributed by atoms with Gasteiger partial charge in [0.1, 0.15) is 6.61 Å². The number of amides is 1. The molecule has 4 heteroatoms. The predicted molar refractivity (Wildman–Crippen MR) is 88.1 cm³/mol. The highest BCUT2D eigenvalue weighted by atomic mass is 35.5. The van der Waals surface area contributed by atoms with Crippen molar-refractivity contribution in [1.82, 2.24) is 5.32 Å². The number of hydrogen-bond acceptors (Lipinski definition) is 2. The molecule has 112 valence electrons. The zero-order chi connectivity index (χ0) is 15.5. The standard InChI is InChI=1S/C18H16ClNO2/c1-12(19)10-20-18(21)22-11-17-15-8-4-2-6-13(15)14-7-3-5-9-16(14)17/h2-9,17H,1,10-11H2,(H,20,21). The molecular formula is C18H16ClNO2. The van der Waals surface area contributed by atoms with Crippen molar-refractivity contribution in [3.05, 3.63) is 71.3 Å². The Hall–Kier alpha value is -2.26. The molecule has 0 spiro atoms. The number of carbonyl (C=O) groups excluding carboxylic acids is 1. The molecule has 0 atom stereocenters. The largest absolute Gasteiger partial charge is 0.449 e. The van der Waals surface area contributed by atoms with Gasteiger partial charge in [-0.1, -0.05) is 66.7 Å². The van der Waals surface area contributed by atoms with Gasteiger partial charge in [0.05, 0.1) is 6.54 Å². The molecule has 0 aliphatic heterocycles. The highest BCUT2D eigenvalue weighted by Gasteiger charge is 2.28. The van der Waals surface area contributed by atoms with Gasteiger partial charge in [-0.25, -0.2) is 4.79 Å². The molecule has 22 heavy (non-hydrogen) atoms. The molecule has 0 unspecified atom stereocenters. The van der Waals surface area contributed by atoms with Gasteiger partial charge in [0, 0.05) is 11.0 Å². The molecule has 0 saturated carbocycles. The van der Waals surface area contributed by atoms with Crippen LogP contribution < -0.4 is 5.32 Å². The van der Waals surface area contributed by atoms with Crippen molar-refractivity contribution in [1.29, 1.82) is 0 Å². The van der Waals surface area contributed by atoms with Crippen LogP contribution in [-0.2, 0) is 4.74 Å². The SMILES string of the molecule is C=C(Cl)CNC(=O)OCC1c2ccccc2-c2ccccc21. The molecule has 2 aromatic rings. The molecular weight excluding hydrogens is 298 g/mol. The van der Waals surface area contributed by atoms with Crippen LogP contribution in [-0.4, -0.2) is 19.2 Å². The number of alkyl carbamates (subject to hydrolysis) is 1. The fraction of sp³-hybridized carbons (Fsp3) is 0.167. The van der Waals surface area contributed by atoms with E-state index in [1.54, 1.807) is 0 Å². The zero-order valence-electron chi connectivity index (χ0n) is 12.0. The lowest BCUT2D eigenvalue weighted by Gasteiger charge is -2.14. The number of rotatable bonds is 4. The van der Waals surface area contributed by atoms with Gasteiger partial charge in [-0.05, 0) is 22.3 Å². The smallest absolute Gasteiger partial charge is 0.407 e. The van der Waals surface area contributed by atoms with Crippen molar-refractivity contribution in [2.75, 3.05) is 13.2 Å². The van der Waals surface area contributed by atoms with E-state index in [9.17, 15) is 4.79 Å². The molecule has 0 heterocycles. The average molecular weight is 314 g/mol. The maximum absolute atomic E-state index is 11.7. The van der Waals surface area contributed by atoms with E-state index in [-0.39, 0.29) is 12.5 Å². The van der Waals surface area contributed by atoms with Gasteiger partial charge in [-0.2, -0.15) is 0 Å². The summed E-state index contributed by atoms with van der Waals surface area (Å²) >= 11 is 5.62. The molecule has 3 nitrogen and oxygen atoms in total. The van der Waals surface area contributed by atoms with Crippen molar-refractivity contribution in [3.63, 3.8) is 0 Å². The summed E-state index contributed by atoms with van der Waals surface area (Å²) in [5.74, 6) is 0.0670. The summed E-state index contributed by atoms with van der Waals surface area (Å²) in [6, 6.07) is 16.4. The van der Waals surface area contributed by atoms with E-state index in [4.69, 9.17) is 16.3 Å². The molecule has 1 amide bonds. The molecule has 1 N–H and O–H groups in total. The second-order valence-corrected chi connectivity index (χ2v) is 5.73. The second-order valence-electron chi connectivity index (χ2n) is 5.20. The number of hydrogen-bond donors (Lipinski definition) is 1. The highest BCUT2D eigenvalue weighted by Crippen LogP contribution is 2.44.